The predicted molar refractivity (Wildman–Crippen MR) is 108 cm³/mol. The summed E-state index contributed by atoms with van der Waals surface area (Å²) in [7, 11) is 3.17. The SMILES string of the molecule is [2H]c1c([2H])c(C(=O)Cc2cc3nc(-c4cnc(C)n4C)ccc3cn2)c([2H])c([2H])c1OC. The molecule has 6 heteroatoms. The maximum Gasteiger partial charge on any atom is 0.168 e. The Morgan fingerprint density at radius 3 is 2.64 bits per heavy atom. The van der Waals surface area contributed by atoms with Crippen LogP contribution in [0, 0.1) is 6.92 Å². The number of rotatable bonds is 5. The van der Waals surface area contributed by atoms with E-state index in [0.717, 1.165) is 22.6 Å². The molecule has 0 atom stereocenters. The molecule has 0 bridgehead atoms. The first kappa shape index (κ1) is 13.6. The van der Waals surface area contributed by atoms with Gasteiger partial charge in [0.25, 0.3) is 0 Å². The van der Waals surface area contributed by atoms with E-state index in [0.29, 0.717) is 11.2 Å². The normalized spacial score (nSPS) is 13.0. The molecular weight excluding hydrogens is 352 g/mol. The maximum absolute atomic E-state index is 12.9. The molecule has 140 valence electrons. The van der Waals surface area contributed by atoms with Crippen molar-refractivity contribution in [3.05, 3.63) is 71.8 Å². The van der Waals surface area contributed by atoms with Crippen molar-refractivity contribution >= 4 is 16.7 Å². The van der Waals surface area contributed by atoms with Crippen LogP contribution in [0.3, 0.4) is 0 Å². The molecule has 0 aliphatic carbocycles. The van der Waals surface area contributed by atoms with Gasteiger partial charge in [0.1, 0.15) is 11.6 Å². The van der Waals surface area contributed by atoms with Gasteiger partial charge in [0.2, 0.25) is 0 Å². The number of ketones is 1. The predicted octanol–water partition coefficient (Wildman–Crippen LogP) is 3.77. The highest BCUT2D eigenvalue weighted by Gasteiger charge is 2.11. The average molecular weight is 376 g/mol. The lowest BCUT2D eigenvalue weighted by Crippen LogP contribution is -2.05. The summed E-state index contributed by atoms with van der Waals surface area (Å²) in [6.07, 6.45) is 3.18. The first-order valence-corrected chi connectivity index (χ1v) is 8.64. The number of aromatic nitrogens is 4. The van der Waals surface area contributed by atoms with Crippen LogP contribution in [0.1, 0.15) is 27.4 Å². The molecule has 0 amide bonds. The topological polar surface area (TPSA) is 69.9 Å². The molecule has 0 N–H and O–H groups in total. The smallest absolute Gasteiger partial charge is 0.168 e. The number of benzene rings is 1. The van der Waals surface area contributed by atoms with Crippen molar-refractivity contribution < 1.29 is 15.0 Å². The van der Waals surface area contributed by atoms with Crippen molar-refractivity contribution in [2.45, 2.75) is 13.3 Å². The summed E-state index contributed by atoms with van der Waals surface area (Å²) in [6.45, 7) is 1.91. The van der Waals surface area contributed by atoms with E-state index in [1.165, 1.54) is 7.11 Å². The number of imidazole rings is 1. The number of hydrogen-bond acceptors (Lipinski definition) is 5. The third-order valence-corrected chi connectivity index (χ3v) is 4.54. The summed E-state index contributed by atoms with van der Waals surface area (Å²) < 4.78 is 39.1. The van der Waals surface area contributed by atoms with Crippen molar-refractivity contribution in [3.8, 4) is 17.1 Å². The maximum atomic E-state index is 12.9. The zero-order valence-corrected chi connectivity index (χ0v) is 15.7. The van der Waals surface area contributed by atoms with Crippen LogP contribution in [0.5, 0.6) is 5.75 Å². The standard InChI is InChI=1S/C22H20N4O2/c1-14-23-13-21(26(14)2)19-9-6-16-12-24-17(10-20(16)25-19)11-22(27)15-4-7-18(28-3)8-5-15/h4-10,12-13H,11H2,1-3H3/i4D,5D,7D,8D. The second-order valence-electron chi connectivity index (χ2n) is 6.32. The fraction of sp³-hybridized carbons (Fsp3) is 0.182. The zero-order chi connectivity index (χ0) is 23.2. The van der Waals surface area contributed by atoms with E-state index in [2.05, 4.69) is 15.0 Å². The second-order valence-corrected chi connectivity index (χ2v) is 6.32. The van der Waals surface area contributed by atoms with E-state index in [4.69, 9.17) is 10.2 Å². The Hall–Kier alpha value is -3.54. The van der Waals surface area contributed by atoms with Gasteiger partial charge in [-0.15, -0.1) is 0 Å². The van der Waals surface area contributed by atoms with Crippen molar-refractivity contribution in [2.24, 2.45) is 7.05 Å². The largest absolute Gasteiger partial charge is 0.497 e. The number of hydrogen-bond donors (Lipinski definition) is 0. The lowest BCUT2D eigenvalue weighted by Gasteiger charge is -2.07. The number of carbonyl (C=O) groups excluding carboxylic acids is 1. The lowest BCUT2D eigenvalue weighted by atomic mass is 10.1. The minimum atomic E-state index is -0.560. The Morgan fingerprint density at radius 2 is 1.96 bits per heavy atom. The molecule has 0 saturated carbocycles. The van der Waals surface area contributed by atoms with Gasteiger partial charge >= 0.3 is 0 Å². The minimum Gasteiger partial charge on any atom is -0.497 e. The minimum absolute atomic E-state index is 0.185. The first-order chi connectivity index (χ1) is 15.2. The van der Waals surface area contributed by atoms with Crippen molar-refractivity contribution in [3.63, 3.8) is 0 Å². The first-order valence-electron chi connectivity index (χ1n) is 10.6. The van der Waals surface area contributed by atoms with Crippen LogP contribution in [0.2, 0.25) is 0 Å². The molecule has 4 rings (SSSR count). The second kappa shape index (κ2) is 7.23. The molecule has 4 aromatic rings. The van der Waals surface area contributed by atoms with Gasteiger partial charge in [-0.1, -0.05) is 0 Å². The van der Waals surface area contributed by atoms with Crippen LogP contribution in [-0.4, -0.2) is 32.4 Å². The molecule has 0 spiro atoms. The van der Waals surface area contributed by atoms with Gasteiger partial charge in [0.15, 0.2) is 5.78 Å². The summed E-state index contributed by atoms with van der Waals surface area (Å²) in [6, 6.07) is 3.83. The highest BCUT2D eigenvalue weighted by atomic mass is 16.5. The van der Waals surface area contributed by atoms with Gasteiger partial charge in [-0.3, -0.25) is 9.78 Å². The monoisotopic (exact) mass is 376 g/mol. The summed E-state index contributed by atoms with van der Waals surface area (Å²) >= 11 is 0. The van der Waals surface area contributed by atoms with Crippen LogP contribution in [0.25, 0.3) is 22.3 Å². The van der Waals surface area contributed by atoms with E-state index in [1.807, 2.05) is 30.7 Å². The van der Waals surface area contributed by atoms with Crippen LogP contribution >= 0.6 is 0 Å². The molecule has 0 aliphatic heterocycles. The van der Waals surface area contributed by atoms with Crippen LogP contribution in [0.4, 0.5) is 0 Å². The fourth-order valence-corrected chi connectivity index (χ4v) is 2.83. The number of methoxy groups -OCH3 is 1. The number of fused-ring (bicyclic) bond motifs is 1. The Labute approximate surface area is 168 Å². The van der Waals surface area contributed by atoms with Gasteiger partial charge in [-0.25, -0.2) is 9.97 Å². The molecule has 28 heavy (non-hydrogen) atoms. The van der Waals surface area contributed by atoms with Crippen LogP contribution in [-0.2, 0) is 13.5 Å². The Morgan fingerprint density at radius 1 is 1.18 bits per heavy atom. The van der Waals surface area contributed by atoms with E-state index < -0.39 is 17.9 Å². The summed E-state index contributed by atoms with van der Waals surface area (Å²) in [4.78, 5) is 26.2. The Kier molecular flexibility index (Phi) is 3.51. The van der Waals surface area contributed by atoms with Crippen molar-refractivity contribution in [1.82, 2.24) is 19.5 Å². The average Bonchev–Trinajstić information content (AvgIpc) is 3.11. The van der Waals surface area contributed by atoms with Crippen LogP contribution < -0.4 is 4.74 Å². The number of nitrogens with zero attached hydrogens (tertiary/aromatic N) is 4. The lowest BCUT2D eigenvalue weighted by molar-refractivity contribution is 0.0992. The number of ether oxygens (including phenoxy) is 1. The molecule has 0 saturated heterocycles. The van der Waals surface area contributed by atoms with Gasteiger partial charge in [-0.2, -0.15) is 0 Å². The number of aryl methyl sites for hydroxylation is 1. The zero-order valence-electron chi connectivity index (χ0n) is 19.7. The molecule has 3 aromatic heterocycles. The van der Waals surface area contributed by atoms with Gasteiger partial charge in [0.05, 0.1) is 47.8 Å². The van der Waals surface area contributed by atoms with E-state index in [9.17, 15) is 4.79 Å². The highest BCUT2D eigenvalue weighted by molar-refractivity contribution is 5.97. The van der Waals surface area contributed by atoms with E-state index in [1.54, 1.807) is 18.5 Å². The molecule has 6 nitrogen and oxygen atoms in total. The van der Waals surface area contributed by atoms with Gasteiger partial charge in [-0.05, 0) is 49.3 Å². The fourth-order valence-electron chi connectivity index (χ4n) is 2.83. The summed E-state index contributed by atoms with van der Waals surface area (Å²) in [5.41, 5.74) is 2.38. The van der Waals surface area contributed by atoms with Crippen molar-refractivity contribution in [2.75, 3.05) is 7.11 Å². The summed E-state index contributed by atoms with van der Waals surface area (Å²) in [5, 5.41) is 0.803. The molecule has 0 unspecified atom stereocenters. The summed E-state index contributed by atoms with van der Waals surface area (Å²) in [5.74, 6) is 0.111. The quantitative estimate of drug-likeness (QED) is 0.496. The molecule has 3 heterocycles. The van der Waals surface area contributed by atoms with E-state index in [-0.39, 0.29) is 29.8 Å². The number of pyridine rings is 2. The third-order valence-electron chi connectivity index (χ3n) is 4.54. The Bertz CT molecular complexity index is 1360. The van der Waals surface area contributed by atoms with Gasteiger partial charge < -0.3 is 9.30 Å². The molecule has 1 aromatic carbocycles. The number of Topliss-reactive ketones (excluding diaryl/α,β-unsaturated/α-hetero) is 1. The molecular formula is C22H20N4O2. The highest BCUT2D eigenvalue weighted by Crippen LogP contribution is 2.22. The van der Waals surface area contributed by atoms with E-state index >= 15 is 0 Å². The Balaban J connectivity index is 1.71. The third kappa shape index (κ3) is 3.36. The van der Waals surface area contributed by atoms with Crippen LogP contribution in [0.15, 0.2) is 54.8 Å². The molecule has 0 radical (unpaired) electrons. The number of carbonyl (C=O) groups is 1. The molecule has 0 fully saturated rings. The van der Waals surface area contributed by atoms with Crippen molar-refractivity contribution in [1.29, 1.82) is 0 Å². The molecule has 0 aliphatic rings. The van der Waals surface area contributed by atoms with Gasteiger partial charge in [0, 0.05) is 24.2 Å².